The SMILES string of the molecule is Cc1nnc(N2C[C@H]3CN(S(C)(=O)=O)C[C@@]3(CN(C)C)C2)s1. The molecule has 2 saturated heterocycles. The summed E-state index contributed by atoms with van der Waals surface area (Å²) in [5.41, 5.74) is -0.0217. The Bertz CT molecular complexity index is 659. The van der Waals surface area contributed by atoms with Crippen LogP contribution in [-0.4, -0.2) is 80.9 Å². The molecule has 1 aromatic rings. The molecule has 0 unspecified atom stereocenters. The zero-order valence-corrected chi connectivity index (χ0v) is 15.1. The first-order chi connectivity index (χ1) is 10.2. The predicted molar refractivity (Wildman–Crippen MR) is 87.8 cm³/mol. The highest BCUT2D eigenvalue weighted by molar-refractivity contribution is 7.88. The van der Waals surface area contributed by atoms with Gasteiger partial charge in [-0.05, 0) is 21.0 Å². The average molecular weight is 345 g/mol. The molecule has 1 aromatic heterocycles. The fourth-order valence-electron chi connectivity index (χ4n) is 3.80. The van der Waals surface area contributed by atoms with E-state index in [4.69, 9.17) is 0 Å². The van der Waals surface area contributed by atoms with Crippen LogP contribution in [0.2, 0.25) is 0 Å². The van der Waals surface area contributed by atoms with Gasteiger partial charge in [-0.2, -0.15) is 0 Å². The lowest BCUT2D eigenvalue weighted by Gasteiger charge is -2.31. The molecule has 9 heteroatoms. The second-order valence-corrected chi connectivity index (χ2v) is 9.98. The summed E-state index contributed by atoms with van der Waals surface area (Å²) < 4.78 is 25.5. The average Bonchev–Trinajstić information content (AvgIpc) is 2.98. The Hall–Kier alpha value is -0.770. The van der Waals surface area contributed by atoms with Crippen LogP contribution in [0.5, 0.6) is 0 Å². The minimum atomic E-state index is -3.13. The molecular weight excluding hydrogens is 322 g/mol. The van der Waals surface area contributed by atoms with Crippen molar-refractivity contribution in [3.63, 3.8) is 0 Å². The lowest BCUT2D eigenvalue weighted by Crippen LogP contribution is -2.42. The standard InChI is InChI=1S/C13H23N5O2S2/c1-10-14-15-12(21-10)17-5-11-6-18(22(4,19)20)9-13(11,8-17)7-16(2)3/h11H,5-9H2,1-4H3/t11-,13+/m0/s1. The number of fused-ring (bicyclic) bond motifs is 1. The lowest BCUT2D eigenvalue weighted by molar-refractivity contribution is 0.200. The summed E-state index contributed by atoms with van der Waals surface area (Å²) in [5, 5.41) is 10.3. The van der Waals surface area contributed by atoms with Crippen molar-refractivity contribution in [2.75, 3.05) is 58.0 Å². The van der Waals surface area contributed by atoms with E-state index in [-0.39, 0.29) is 5.41 Å². The maximum atomic E-state index is 11.9. The minimum Gasteiger partial charge on any atom is -0.346 e. The van der Waals surface area contributed by atoms with E-state index in [1.54, 1.807) is 15.6 Å². The number of sulfonamides is 1. The summed E-state index contributed by atoms with van der Waals surface area (Å²) >= 11 is 1.61. The van der Waals surface area contributed by atoms with Crippen LogP contribution in [-0.2, 0) is 10.0 Å². The molecule has 0 spiro atoms. The number of nitrogens with zero attached hydrogens (tertiary/aromatic N) is 5. The number of aryl methyl sites for hydroxylation is 1. The van der Waals surface area contributed by atoms with E-state index in [1.165, 1.54) is 6.26 Å². The molecule has 2 aliphatic rings. The van der Waals surface area contributed by atoms with Crippen LogP contribution in [0.4, 0.5) is 5.13 Å². The van der Waals surface area contributed by atoms with E-state index >= 15 is 0 Å². The van der Waals surface area contributed by atoms with Crippen molar-refractivity contribution in [3.05, 3.63) is 5.01 Å². The van der Waals surface area contributed by atoms with Crippen LogP contribution < -0.4 is 4.90 Å². The zero-order chi connectivity index (χ0) is 16.1. The Morgan fingerprint density at radius 2 is 2.05 bits per heavy atom. The molecule has 0 aliphatic carbocycles. The third-order valence-electron chi connectivity index (χ3n) is 4.61. The van der Waals surface area contributed by atoms with Crippen molar-refractivity contribution >= 4 is 26.5 Å². The molecule has 3 rings (SSSR count). The van der Waals surface area contributed by atoms with Gasteiger partial charge in [0.25, 0.3) is 0 Å². The highest BCUT2D eigenvalue weighted by Gasteiger charge is 2.54. The third-order valence-corrected chi connectivity index (χ3v) is 6.73. The van der Waals surface area contributed by atoms with Gasteiger partial charge in [0.15, 0.2) is 0 Å². The first-order valence-electron chi connectivity index (χ1n) is 7.34. The highest BCUT2D eigenvalue weighted by Crippen LogP contribution is 2.45. The summed E-state index contributed by atoms with van der Waals surface area (Å²) in [7, 11) is 0.971. The van der Waals surface area contributed by atoms with Crippen LogP contribution in [0.1, 0.15) is 5.01 Å². The molecule has 2 aliphatic heterocycles. The van der Waals surface area contributed by atoms with Crippen LogP contribution in [0.25, 0.3) is 0 Å². The van der Waals surface area contributed by atoms with Gasteiger partial charge in [0.2, 0.25) is 15.2 Å². The van der Waals surface area contributed by atoms with E-state index in [0.717, 1.165) is 29.8 Å². The van der Waals surface area contributed by atoms with E-state index < -0.39 is 10.0 Å². The molecule has 0 saturated carbocycles. The molecule has 0 aromatic carbocycles. The Morgan fingerprint density at radius 1 is 1.32 bits per heavy atom. The normalized spacial score (nSPS) is 29.5. The first kappa shape index (κ1) is 16.1. The molecule has 0 radical (unpaired) electrons. The van der Waals surface area contributed by atoms with Crippen molar-refractivity contribution in [2.24, 2.45) is 11.3 Å². The molecule has 3 heterocycles. The quantitative estimate of drug-likeness (QED) is 0.771. The number of rotatable bonds is 4. The largest absolute Gasteiger partial charge is 0.346 e. The van der Waals surface area contributed by atoms with Gasteiger partial charge in [-0.1, -0.05) is 11.3 Å². The minimum absolute atomic E-state index is 0.0217. The number of anilines is 1. The molecule has 2 fully saturated rings. The van der Waals surface area contributed by atoms with Crippen LogP contribution in [0, 0.1) is 18.3 Å². The molecule has 0 bridgehead atoms. The lowest BCUT2D eigenvalue weighted by atomic mass is 9.80. The third kappa shape index (κ3) is 2.86. The van der Waals surface area contributed by atoms with E-state index in [2.05, 4.69) is 20.0 Å². The summed E-state index contributed by atoms with van der Waals surface area (Å²) in [5.74, 6) is 0.342. The maximum Gasteiger partial charge on any atom is 0.211 e. The first-order valence-corrected chi connectivity index (χ1v) is 10.0. The topological polar surface area (TPSA) is 69.6 Å². The molecule has 0 amide bonds. The van der Waals surface area contributed by atoms with Crippen LogP contribution in [0.15, 0.2) is 0 Å². The maximum absolute atomic E-state index is 11.9. The fraction of sp³-hybridized carbons (Fsp3) is 0.846. The van der Waals surface area contributed by atoms with Crippen molar-refractivity contribution in [1.82, 2.24) is 19.4 Å². The van der Waals surface area contributed by atoms with E-state index in [1.807, 2.05) is 21.0 Å². The van der Waals surface area contributed by atoms with Crippen LogP contribution >= 0.6 is 11.3 Å². The summed E-state index contributed by atoms with van der Waals surface area (Å²) in [6.45, 7) is 5.76. The second-order valence-electron chi connectivity index (χ2n) is 6.84. The molecule has 124 valence electrons. The monoisotopic (exact) mass is 345 g/mol. The van der Waals surface area contributed by atoms with Gasteiger partial charge < -0.3 is 9.80 Å². The van der Waals surface area contributed by atoms with Gasteiger partial charge in [-0.3, -0.25) is 0 Å². The Kier molecular flexibility index (Phi) is 3.95. The Morgan fingerprint density at radius 3 is 2.59 bits per heavy atom. The Balaban J connectivity index is 1.85. The van der Waals surface area contributed by atoms with Crippen molar-refractivity contribution in [1.29, 1.82) is 0 Å². The van der Waals surface area contributed by atoms with Gasteiger partial charge >= 0.3 is 0 Å². The highest BCUT2D eigenvalue weighted by atomic mass is 32.2. The molecule has 7 nitrogen and oxygen atoms in total. The fourth-order valence-corrected chi connectivity index (χ4v) is 5.43. The molecule has 0 N–H and O–H groups in total. The van der Waals surface area contributed by atoms with Crippen LogP contribution in [0.3, 0.4) is 0 Å². The Labute approximate surface area is 136 Å². The zero-order valence-electron chi connectivity index (χ0n) is 13.5. The summed E-state index contributed by atoms with van der Waals surface area (Å²) in [4.78, 5) is 4.44. The smallest absolute Gasteiger partial charge is 0.211 e. The van der Waals surface area contributed by atoms with Gasteiger partial charge in [0.1, 0.15) is 5.01 Å². The summed E-state index contributed by atoms with van der Waals surface area (Å²) in [6.07, 6.45) is 1.31. The number of hydrogen-bond donors (Lipinski definition) is 0. The summed E-state index contributed by atoms with van der Waals surface area (Å²) in [6, 6.07) is 0. The van der Waals surface area contributed by atoms with Gasteiger partial charge in [0, 0.05) is 44.1 Å². The van der Waals surface area contributed by atoms with Gasteiger partial charge in [0.05, 0.1) is 6.26 Å². The number of aromatic nitrogens is 2. The van der Waals surface area contributed by atoms with Crippen molar-refractivity contribution in [3.8, 4) is 0 Å². The molecular formula is C13H23N5O2S2. The van der Waals surface area contributed by atoms with Gasteiger partial charge in [-0.25, -0.2) is 12.7 Å². The van der Waals surface area contributed by atoms with Crippen molar-refractivity contribution < 1.29 is 8.42 Å². The van der Waals surface area contributed by atoms with Crippen molar-refractivity contribution in [2.45, 2.75) is 6.92 Å². The van der Waals surface area contributed by atoms with Gasteiger partial charge in [-0.15, -0.1) is 10.2 Å². The van der Waals surface area contributed by atoms with E-state index in [9.17, 15) is 8.42 Å². The van der Waals surface area contributed by atoms with E-state index in [0.29, 0.717) is 19.0 Å². The molecule has 2 atom stereocenters. The molecule has 22 heavy (non-hydrogen) atoms. The number of hydrogen-bond acceptors (Lipinski definition) is 7. The predicted octanol–water partition coefficient (Wildman–Crippen LogP) is 0.106. The second kappa shape index (κ2) is 5.40.